The molecule has 2 N–H and O–H groups in total. The van der Waals surface area contributed by atoms with Gasteiger partial charge in [0, 0.05) is 5.54 Å². The Morgan fingerprint density at radius 3 is 1.64 bits per heavy atom. The minimum atomic E-state index is -0.330. The molecule has 0 rings (SSSR count). The van der Waals surface area contributed by atoms with Crippen LogP contribution in [0.4, 0.5) is 0 Å². The summed E-state index contributed by atoms with van der Waals surface area (Å²) in [5.41, 5.74) is 5.53. The fraction of sp³-hybridized carbons (Fsp3) is 0.333. The first kappa shape index (κ1) is 13.1. The summed E-state index contributed by atoms with van der Waals surface area (Å²) in [7, 11) is 0. The standard InChI is InChI=1S/C9H15N.ClH/c1-4-7-9(10,6-3)8-5-2;/h4-6H,1-3,7-8,10H2;1H. The van der Waals surface area contributed by atoms with Gasteiger partial charge >= 0.3 is 0 Å². The second kappa shape index (κ2) is 6.20. The summed E-state index contributed by atoms with van der Waals surface area (Å²) in [6.45, 7) is 10.9. The highest BCUT2D eigenvalue weighted by Gasteiger charge is 2.15. The molecule has 0 radical (unpaired) electrons. The molecular formula is C9H16ClN. The van der Waals surface area contributed by atoms with Gasteiger partial charge in [-0.05, 0) is 12.8 Å². The van der Waals surface area contributed by atoms with Crippen molar-refractivity contribution in [3.05, 3.63) is 38.0 Å². The van der Waals surface area contributed by atoms with E-state index in [-0.39, 0.29) is 17.9 Å². The minimum absolute atomic E-state index is 0. The molecule has 0 aliphatic heterocycles. The molecule has 0 atom stereocenters. The molecule has 11 heavy (non-hydrogen) atoms. The summed E-state index contributed by atoms with van der Waals surface area (Å²) in [6.07, 6.45) is 6.85. The zero-order chi connectivity index (χ0) is 8.04. The highest BCUT2D eigenvalue weighted by molar-refractivity contribution is 5.85. The van der Waals surface area contributed by atoms with Crippen LogP contribution in [0.2, 0.25) is 0 Å². The number of halogens is 1. The molecule has 2 heteroatoms. The zero-order valence-electron chi connectivity index (χ0n) is 6.75. The predicted octanol–water partition coefficient (Wildman–Crippen LogP) is 2.44. The van der Waals surface area contributed by atoms with E-state index in [1.807, 2.05) is 0 Å². The molecule has 0 saturated carbocycles. The lowest BCUT2D eigenvalue weighted by Crippen LogP contribution is -2.35. The molecule has 0 unspecified atom stereocenters. The van der Waals surface area contributed by atoms with E-state index < -0.39 is 0 Å². The molecular weight excluding hydrogens is 158 g/mol. The monoisotopic (exact) mass is 173 g/mol. The normalized spacial score (nSPS) is 9.55. The van der Waals surface area contributed by atoms with Crippen LogP contribution < -0.4 is 5.73 Å². The number of rotatable bonds is 5. The maximum Gasteiger partial charge on any atom is 0.0406 e. The first-order chi connectivity index (χ1) is 4.68. The van der Waals surface area contributed by atoms with E-state index >= 15 is 0 Å². The third kappa shape index (κ3) is 4.82. The molecule has 0 aliphatic rings. The third-order valence-electron chi connectivity index (χ3n) is 1.46. The van der Waals surface area contributed by atoms with Gasteiger partial charge < -0.3 is 5.73 Å². The Hall–Kier alpha value is -0.530. The predicted molar refractivity (Wildman–Crippen MR) is 54.0 cm³/mol. The Morgan fingerprint density at radius 2 is 1.45 bits per heavy atom. The maximum absolute atomic E-state index is 5.86. The average molecular weight is 174 g/mol. The van der Waals surface area contributed by atoms with Crippen molar-refractivity contribution in [1.29, 1.82) is 0 Å². The van der Waals surface area contributed by atoms with Gasteiger partial charge in [-0.2, -0.15) is 0 Å². The lowest BCUT2D eigenvalue weighted by atomic mass is 9.93. The smallest absolute Gasteiger partial charge is 0.0406 e. The van der Waals surface area contributed by atoms with Gasteiger partial charge in [0.15, 0.2) is 0 Å². The summed E-state index contributed by atoms with van der Waals surface area (Å²) in [5, 5.41) is 0. The first-order valence-electron chi connectivity index (χ1n) is 3.33. The van der Waals surface area contributed by atoms with E-state index in [2.05, 4.69) is 19.7 Å². The molecule has 0 aromatic carbocycles. The van der Waals surface area contributed by atoms with Crippen molar-refractivity contribution in [2.45, 2.75) is 18.4 Å². The first-order valence-corrected chi connectivity index (χ1v) is 3.33. The molecule has 0 saturated heterocycles. The van der Waals surface area contributed by atoms with E-state index in [1.54, 1.807) is 18.2 Å². The molecule has 0 aliphatic carbocycles. The van der Waals surface area contributed by atoms with Crippen molar-refractivity contribution < 1.29 is 0 Å². The van der Waals surface area contributed by atoms with E-state index in [0.29, 0.717) is 0 Å². The molecule has 0 fully saturated rings. The average Bonchev–Trinajstić information content (AvgIpc) is 1.89. The van der Waals surface area contributed by atoms with Crippen LogP contribution in [0.1, 0.15) is 12.8 Å². The highest BCUT2D eigenvalue weighted by atomic mass is 35.5. The van der Waals surface area contributed by atoms with E-state index in [1.165, 1.54) is 0 Å². The van der Waals surface area contributed by atoms with Gasteiger partial charge in [-0.25, -0.2) is 0 Å². The minimum Gasteiger partial charge on any atom is -0.321 e. The van der Waals surface area contributed by atoms with Gasteiger partial charge in [-0.3, -0.25) is 0 Å². The van der Waals surface area contributed by atoms with Crippen LogP contribution in [0.25, 0.3) is 0 Å². The summed E-state index contributed by atoms with van der Waals surface area (Å²) in [6, 6.07) is 0. The SMILES string of the molecule is C=CCC(N)(C=C)CC=C.Cl. The van der Waals surface area contributed by atoms with Crippen LogP contribution in [-0.4, -0.2) is 5.54 Å². The van der Waals surface area contributed by atoms with Crippen molar-refractivity contribution in [3.8, 4) is 0 Å². The Balaban J connectivity index is 0. The van der Waals surface area contributed by atoms with Crippen LogP contribution in [-0.2, 0) is 0 Å². The van der Waals surface area contributed by atoms with E-state index in [0.717, 1.165) is 12.8 Å². The van der Waals surface area contributed by atoms with Crippen molar-refractivity contribution in [1.82, 2.24) is 0 Å². The van der Waals surface area contributed by atoms with Crippen LogP contribution in [0.15, 0.2) is 38.0 Å². The molecule has 0 aromatic heterocycles. The fourth-order valence-electron chi connectivity index (χ4n) is 0.787. The lowest BCUT2D eigenvalue weighted by molar-refractivity contribution is 0.545. The van der Waals surface area contributed by atoms with Gasteiger partial charge in [0.05, 0.1) is 0 Å². The highest BCUT2D eigenvalue weighted by Crippen LogP contribution is 2.13. The molecule has 0 amide bonds. The molecule has 0 aromatic rings. The summed E-state index contributed by atoms with van der Waals surface area (Å²) < 4.78 is 0. The molecule has 0 heterocycles. The van der Waals surface area contributed by atoms with Crippen LogP contribution in [0.5, 0.6) is 0 Å². The van der Waals surface area contributed by atoms with Crippen LogP contribution in [0, 0.1) is 0 Å². The van der Waals surface area contributed by atoms with Gasteiger partial charge in [0.1, 0.15) is 0 Å². The van der Waals surface area contributed by atoms with E-state index in [9.17, 15) is 0 Å². The maximum atomic E-state index is 5.86. The second-order valence-electron chi connectivity index (χ2n) is 2.42. The van der Waals surface area contributed by atoms with Crippen LogP contribution >= 0.6 is 12.4 Å². The quantitative estimate of drug-likeness (QED) is 0.636. The number of hydrogen-bond acceptors (Lipinski definition) is 1. The molecule has 64 valence electrons. The Morgan fingerprint density at radius 1 is 1.09 bits per heavy atom. The van der Waals surface area contributed by atoms with Crippen molar-refractivity contribution in [2.75, 3.05) is 0 Å². The Kier molecular flexibility index (Phi) is 7.37. The van der Waals surface area contributed by atoms with Crippen molar-refractivity contribution >= 4 is 12.4 Å². The molecule has 0 bridgehead atoms. The van der Waals surface area contributed by atoms with Crippen molar-refractivity contribution in [3.63, 3.8) is 0 Å². The Bertz CT molecular complexity index is 130. The number of hydrogen-bond donors (Lipinski definition) is 1. The lowest BCUT2D eigenvalue weighted by Gasteiger charge is -2.21. The van der Waals surface area contributed by atoms with Crippen LogP contribution in [0.3, 0.4) is 0 Å². The van der Waals surface area contributed by atoms with Gasteiger partial charge in [0.25, 0.3) is 0 Å². The van der Waals surface area contributed by atoms with E-state index in [4.69, 9.17) is 5.73 Å². The molecule has 0 spiro atoms. The molecule has 1 nitrogen and oxygen atoms in total. The summed E-state index contributed by atoms with van der Waals surface area (Å²) >= 11 is 0. The van der Waals surface area contributed by atoms with Gasteiger partial charge in [-0.1, -0.05) is 18.2 Å². The second-order valence-corrected chi connectivity index (χ2v) is 2.42. The zero-order valence-corrected chi connectivity index (χ0v) is 7.57. The summed E-state index contributed by atoms with van der Waals surface area (Å²) in [5.74, 6) is 0. The third-order valence-corrected chi connectivity index (χ3v) is 1.46. The summed E-state index contributed by atoms with van der Waals surface area (Å²) in [4.78, 5) is 0. The topological polar surface area (TPSA) is 26.0 Å². The fourth-order valence-corrected chi connectivity index (χ4v) is 0.787. The number of nitrogens with two attached hydrogens (primary N) is 1. The van der Waals surface area contributed by atoms with Gasteiger partial charge in [-0.15, -0.1) is 32.1 Å². The largest absolute Gasteiger partial charge is 0.321 e. The van der Waals surface area contributed by atoms with Crippen molar-refractivity contribution in [2.24, 2.45) is 5.73 Å². The Labute approximate surface area is 75.1 Å². The van der Waals surface area contributed by atoms with Gasteiger partial charge in [0.2, 0.25) is 0 Å².